The lowest BCUT2D eigenvalue weighted by Gasteiger charge is -2.61. The summed E-state index contributed by atoms with van der Waals surface area (Å²) in [6, 6.07) is 2.59. The smallest absolute Gasteiger partial charge is 0.150 e. The van der Waals surface area contributed by atoms with Gasteiger partial charge in [0.1, 0.15) is 0 Å². The zero-order valence-electron chi connectivity index (χ0n) is 11.2. The second kappa shape index (κ2) is 4.67. The Morgan fingerprint density at radius 1 is 1.56 bits per heavy atom. The highest BCUT2D eigenvalue weighted by Gasteiger charge is 2.58. The molecule has 2 saturated carbocycles. The first-order valence-electron chi connectivity index (χ1n) is 7.02. The van der Waals surface area contributed by atoms with E-state index in [0.29, 0.717) is 17.6 Å². The van der Waals surface area contributed by atoms with Crippen LogP contribution in [0.4, 0.5) is 0 Å². The summed E-state index contributed by atoms with van der Waals surface area (Å²) in [5.41, 5.74) is 1.37. The van der Waals surface area contributed by atoms with Crippen molar-refractivity contribution in [1.82, 2.24) is 10.5 Å². The van der Waals surface area contributed by atoms with Crippen LogP contribution in [0, 0.1) is 12.3 Å². The molecular weight excluding hydrogens is 228 g/mol. The van der Waals surface area contributed by atoms with Gasteiger partial charge in [-0.1, -0.05) is 11.6 Å². The van der Waals surface area contributed by atoms with Gasteiger partial charge in [-0.3, -0.25) is 0 Å². The maximum Gasteiger partial charge on any atom is 0.150 e. The summed E-state index contributed by atoms with van der Waals surface area (Å²) in [6.07, 6.45) is 5.59. The molecule has 1 spiro atoms. The van der Waals surface area contributed by atoms with Crippen molar-refractivity contribution in [3.05, 3.63) is 17.5 Å². The number of nitrogens with zero attached hydrogens (tertiary/aromatic N) is 1. The second-order valence-corrected chi connectivity index (χ2v) is 5.63. The highest BCUT2D eigenvalue weighted by Crippen LogP contribution is 2.57. The minimum atomic E-state index is 0.422. The number of aryl methyl sites for hydroxylation is 1. The Morgan fingerprint density at radius 2 is 2.39 bits per heavy atom. The lowest BCUT2D eigenvalue weighted by Crippen LogP contribution is -2.66. The highest BCUT2D eigenvalue weighted by atomic mass is 16.5. The molecule has 1 aromatic heterocycles. The third-order valence-corrected chi connectivity index (χ3v) is 4.64. The van der Waals surface area contributed by atoms with E-state index in [4.69, 9.17) is 9.26 Å². The molecule has 0 amide bonds. The fourth-order valence-corrected chi connectivity index (χ4v) is 3.45. The molecule has 0 aliphatic heterocycles. The Hall–Kier alpha value is -0.870. The van der Waals surface area contributed by atoms with Gasteiger partial charge in [-0.2, -0.15) is 0 Å². The van der Waals surface area contributed by atoms with Crippen molar-refractivity contribution in [2.75, 3.05) is 6.61 Å². The average molecular weight is 250 g/mol. The Kier molecular flexibility index (Phi) is 3.16. The molecule has 2 aliphatic rings. The number of rotatable bonds is 5. The largest absolute Gasteiger partial charge is 0.378 e. The van der Waals surface area contributed by atoms with Gasteiger partial charge >= 0.3 is 0 Å². The van der Waals surface area contributed by atoms with Gasteiger partial charge in [-0.25, -0.2) is 0 Å². The van der Waals surface area contributed by atoms with Crippen molar-refractivity contribution in [2.45, 2.75) is 58.2 Å². The third-order valence-electron chi connectivity index (χ3n) is 4.64. The molecule has 1 heterocycles. The molecule has 1 N–H and O–H groups in total. The van der Waals surface area contributed by atoms with Crippen molar-refractivity contribution in [3.8, 4) is 0 Å². The maximum atomic E-state index is 5.85. The predicted octanol–water partition coefficient (Wildman–Crippen LogP) is 2.42. The molecule has 0 bridgehead atoms. The molecule has 2 fully saturated rings. The molecule has 2 unspecified atom stereocenters. The summed E-state index contributed by atoms with van der Waals surface area (Å²) in [6.45, 7) is 5.66. The molecule has 18 heavy (non-hydrogen) atoms. The Bertz CT molecular complexity index is 412. The van der Waals surface area contributed by atoms with Crippen LogP contribution in [0.5, 0.6) is 0 Å². The molecule has 2 atom stereocenters. The first-order valence-corrected chi connectivity index (χ1v) is 7.02. The summed E-state index contributed by atoms with van der Waals surface area (Å²) in [7, 11) is 0. The van der Waals surface area contributed by atoms with E-state index in [2.05, 4.69) is 17.4 Å². The quantitative estimate of drug-likeness (QED) is 0.872. The molecule has 0 radical (unpaired) electrons. The third kappa shape index (κ3) is 1.88. The fourth-order valence-electron chi connectivity index (χ4n) is 3.45. The van der Waals surface area contributed by atoms with Gasteiger partial charge in [0, 0.05) is 24.1 Å². The number of aromatic nitrogens is 1. The van der Waals surface area contributed by atoms with E-state index in [1.54, 1.807) is 0 Å². The van der Waals surface area contributed by atoms with Gasteiger partial charge in [0.05, 0.1) is 18.3 Å². The Morgan fingerprint density at radius 3 is 2.94 bits per heavy atom. The van der Waals surface area contributed by atoms with Crippen LogP contribution in [0.25, 0.3) is 0 Å². The molecule has 3 rings (SSSR count). The summed E-state index contributed by atoms with van der Waals surface area (Å²) >= 11 is 0. The SMILES string of the molecule is CCOC1CC(NCc2cc(C)no2)C12CCC2. The van der Waals surface area contributed by atoms with E-state index in [1.807, 2.05) is 13.0 Å². The summed E-state index contributed by atoms with van der Waals surface area (Å²) in [5.74, 6) is 0.932. The summed E-state index contributed by atoms with van der Waals surface area (Å²) in [4.78, 5) is 0. The molecule has 4 nitrogen and oxygen atoms in total. The molecule has 1 aromatic rings. The van der Waals surface area contributed by atoms with Gasteiger partial charge in [-0.05, 0) is 33.1 Å². The number of hydrogen-bond donors (Lipinski definition) is 1. The van der Waals surface area contributed by atoms with Gasteiger partial charge < -0.3 is 14.6 Å². The first kappa shape index (κ1) is 12.2. The van der Waals surface area contributed by atoms with Crippen molar-refractivity contribution < 1.29 is 9.26 Å². The van der Waals surface area contributed by atoms with Crippen LogP contribution in [-0.4, -0.2) is 23.9 Å². The van der Waals surface area contributed by atoms with Gasteiger partial charge in [0.15, 0.2) is 5.76 Å². The summed E-state index contributed by atoms with van der Waals surface area (Å²) in [5, 5.41) is 7.53. The minimum Gasteiger partial charge on any atom is -0.378 e. The van der Waals surface area contributed by atoms with E-state index >= 15 is 0 Å². The highest BCUT2D eigenvalue weighted by molar-refractivity contribution is 5.13. The first-order chi connectivity index (χ1) is 8.74. The van der Waals surface area contributed by atoms with Crippen LogP contribution in [0.3, 0.4) is 0 Å². The van der Waals surface area contributed by atoms with E-state index in [1.165, 1.54) is 19.3 Å². The predicted molar refractivity (Wildman–Crippen MR) is 68.2 cm³/mol. The minimum absolute atomic E-state index is 0.422. The van der Waals surface area contributed by atoms with E-state index in [0.717, 1.165) is 31.0 Å². The van der Waals surface area contributed by atoms with Crippen molar-refractivity contribution in [2.24, 2.45) is 5.41 Å². The average Bonchev–Trinajstić information content (AvgIpc) is 2.66. The van der Waals surface area contributed by atoms with Crippen LogP contribution in [0.1, 0.15) is 44.1 Å². The van der Waals surface area contributed by atoms with Crippen molar-refractivity contribution in [1.29, 1.82) is 0 Å². The Labute approximate surface area is 108 Å². The van der Waals surface area contributed by atoms with Gasteiger partial charge in [0.2, 0.25) is 0 Å². The second-order valence-electron chi connectivity index (χ2n) is 5.63. The van der Waals surface area contributed by atoms with Gasteiger partial charge in [-0.15, -0.1) is 0 Å². The monoisotopic (exact) mass is 250 g/mol. The van der Waals surface area contributed by atoms with Crippen molar-refractivity contribution in [3.63, 3.8) is 0 Å². The molecule has 0 saturated heterocycles. The molecule has 4 heteroatoms. The molecule has 100 valence electrons. The fraction of sp³-hybridized carbons (Fsp3) is 0.786. The van der Waals surface area contributed by atoms with E-state index in [9.17, 15) is 0 Å². The van der Waals surface area contributed by atoms with E-state index < -0.39 is 0 Å². The molecule has 2 aliphatic carbocycles. The zero-order valence-corrected chi connectivity index (χ0v) is 11.2. The Balaban J connectivity index is 1.55. The van der Waals surface area contributed by atoms with Crippen LogP contribution in [0.2, 0.25) is 0 Å². The van der Waals surface area contributed by atoms with Crippen LogP contribution >= 0.6 is 0 Å². The lowest BCUT2D eigenvalue weighted by molar-refractivity contribution is -0.173. The lowest BCUT2D eigenvalue weighted by atomic mass is 9.51. The van der Waals surface area contributed by atoms with E-state index in [-0.39, 0.29) is 0 Å². The molecular formula is C14H22N2O2. The van der Waals surface area contributed by atoms with Crippen LogP contribution < -0.4 is 5.32 Å². The normalized spacial score (nSPS) is 29.0. The topological polar surface area (TPSA) is 47.3 Å². The summed E-state index contributed by atoms with van der Waals surface area (Å²) < 4.78 is 11.1. The van der Waals surface area contributed by atoms with Crippen molar-refractivity contribution >= 4 is 0 Å². The number of nitrogens with one attached hydrogen (secondary N) is 1. The number of hydrogen-bond acceptors (Lipinski definition) is 4. The maximum absolute atomic E-state index is 5.85. The van der Waals surface area contributed by atoms with Crippen LogP contribution in [0.15, 0.2) is 10.6 Å². The number of ether oxygens (including phenoxy) is 1. The standard InChI is InChI=1S/C14H22N2O2/c1-3-17-13-8-12(14(13)5-4-6-14)15-9-11-7-10(2)16-18-11/h7,12-13,15H,3-6,8-9H2,1-2H3. The van der Waals surface area contributed by atoms with Gasteiger partial charge in [0.25, 0.3) is 0 Å². The van der Waals surface area contributed by atoms with Crippen LogP contribution in [-0.2, 0) is 11.3 Å². The molecule has 0 aromatic carbocycles. The zero-order chi connectivity index (χ0) is 12.6.